The molecule has 2 N–H and O–H groups in total. The molecule has 1 nitrogen and oxygen atoms in total. The smallest absolute Gasteiger partial charge is 0.0314 e. The normalized spacial score (nSPS) is 10.6. The molecule has 0 radical (unpaired) electrons. The van der Waals surface area contributed by atoms with Gasteiger partial charge in [-0.05, 0) is 45.5 Å². The zero-order chi connectivity index (χ0) is 17.1. The maximum atomic E-state index is 5.76. The monoisotopic (exact) mass is 321 g/mol. The molecule has 0 aliphatic carbocycles. The zero-order valence-corrected chi connectivity index (χ0v) is 13.9. The van der Waals surface area contributed by atoms with Crippen molar-refractivity contribution in [1.82, 2.24) is 0 Å². The summed E-state index contributed by atoms with van der Waals surface area (Å²) in [5.41, 5.74) is 13.9. The Labute approximate surface area is 148 Å². The van der Waals surface area contributed by atoms with Crippen LogP contribution in [-0.2, 0) is 0 Å². The maximum Gasteiger partial charge on any atom is 0.0314 e. The Balaban J connectivity index is 1.59. The van der Waals surface area contributed by atoms with Crippen LogP contribution in [0.1, 0.15) is 0 Å². The number of hydrogen-bond donors (Lipinski definition) is 1. The molecule has 0 saturated heterocycles. The molecule has 0 unspecified atom stereocenters. The average molecular weight is 321 g/mol. The van der Waals surface area contributed by atoms with Gasteiger partial charge in [0.05, 0.1) is 0 Å². The van der Waals surface area contributed by atoms with Crippen molar-refractivity contribution < 1.29 is 0 Å². The van der Waals surface area contributed by atoms with Crippen LogP contribution in [0.2, 0.25) is 0 Å². The summed E-state index contributed by atoms with van der Waals surface area (Å²) in [7, 11) is 0. The van der Waals surface area contributed by atoms with Crippen LogP contribution in [0.5, 0.6) is 0 Å². The molecule has 4 aromatic rings. The van der Waals surface area contributed by atoms with Crippen molar-refractivity contribution in [2.75, 3.05) is 5.73 Å². The predicted molar refractivity (Wildman–Crippen MR) is 107 cm³/mol. The summed E-state index contributed by atoms with van der Waals surface area (Å²) >= 11 is 0. The Kier molecular flexibility index (Phi) is 4.05. The Morgan fingerprint density at radius 3 is 0.960 bits per heavy atom. The minimum Gasteiger partial charge on any atom is -0.399 e. The SMILES string of the molecule is Nc1ccc(-c2ccc(-c3ccc(-c4ccccc4)cc3)cc2)cc1. The summed E-state index contributed by atoms with van der Waals surface area (Å²) < 4.78 is 0. The number of nitrogens with two attached hydrogens (primary N) is 1. The molecule has 0 atom stereocenters. The lowest BCUT2D eigenvalue weighted by Gasteiger charge is -2.07. The molecule has 0 saturated carbocycles. The first-order valence-corrected chi connectivity index (χ1v) is 8.41. The van der Waals surface area contributed by atoms with Gasteiger partial charge in [-0.2, -0.15) is 0 Å². The van der Waals surface area contributed by atoms with E-state index in [4.69, 9.17) is 5.73 Å². The molecule has 1 heteroatoms. The Bertz CT molecular complexity index is 951. The quantitative estimate of drug-likeness (QED) is 0.442. The van der Waals surface area contributed by atoms with Crippen LogP contribution in [0.25, 0.3) is 33.4 Å². The zero-order valence-electron chi connectivity index (χ0n) is 13.9. The Hall–Kier alpha value is -3.32. The second-order valence-corrected chi connectivity index (χ2v) is 6.14. The number of benzene rings is 4. The lowest BCUT2D eigenvalue weighted by molar-refractivity contribution is 1.57. The van der Waals surface area contributed by atoms with Crippen LogP contribution < -0.4 is 5.73 Å². The van der Waals surface area contributed by atoms with Gasteiger partial charge in [-0.3, -0.25) is 0 Å². The molecule has 120 valence electrons. The van der Waals surface area contributed by atoms with Gasteiger partial charge in [0.15, 0.2) is 0 Å². The summed E-state index contributed by atoms with van der Waals surface area (Å²) in [6.07, 6.45) is 0. The van der Waals surface area contributed by atoms with E-state index in [1.165, 1.54) is 33.4 Å². The van der Waals surface area contributed by atoms with E-state index in [-0.39, 0.29) is 0 Å². The van der Waals surface area contributed by atoms with Crippen molar-refractivity contribution in [2.24, 2.45) is 0 Å². The molecule has 25 heavy (non-hydrogen) atoms. The van der Waals surface area contributed by atoms with E-state index in [1.54, 1.807) is 0 Å². The predicted octanol–water partition coefficient (Wildman–Crippen LogP) is 6.27. The van der Waals surface area contributed by atoms with E-state index in [9.17, 15) is 0 Å². The summed E-state index contributed by atoms with van der Waals surface area (Å²) in [4.78, 5) is 0. The second-order valence-electron chi connectivity index (χ2n) is 6.14. The molecule has 4 aromatic carbocycles. The number of nitrogen functional groups attached to an aromatic ring is 1. The van der Waals surface area contributed by atoms with Crippen molar-refractivity contribution >= 4 is 5.69 Å². The minimum absolute atomic E-state index is 0.791. The fraction of sp³-hybridized carbons (Fsp3) is 0. The third-order valence-electron chi connectivity index (χ3n) is 4.45. The first-order chi connectivity index (χ1) is 12.3. The van der Waals surface area contributed by atoms with Gasteiger partial charge in [0.2, 0.25) is 0 Å². The van der Waals surface area contributed by atoms with Crippen molar-refractivity contribution in [1.29, 1.82) is 0 Å². The van der Waals surface area contributed by atoms with Gasteiger partial charge in [0, 0.05) is 5.69 Å². The topological polar surface area (TPSA) is 26.0 Å². The van der Waals surface area contributed by atoms with E-state index in [0.29, 0.717) is 0 Å². The molecule has 4 rings (SSSR count). The van der Waals surface area contributed by atoms with Crippen LogP contribution in [0.15, 0.2) is 103 Å². The third-order valence-corrected chi connectivity index (χ3v) is 4.45. The van der Waals surface area contributed by atoms with Crippen molar-refractivity contribution in [2.45, 2.75) is 0 Å². The number of rotatable bonds is 3. The van der Waals surface area contributed by atoms with Gasteiger partial charge in [-0.15, -0.1) is 0 Å². The van der Waals surface area contributed by atoms with E-state index in [2.05, 4.69) is 84.9 Å². The van der Waals surface area contributed by atoms with Crippen molar-refractivity contribution in [3.63, 3.8) is 0 Å². The van der Waals surface area contributed by atoms with Gasteiger partial charge >= 0.3 is 0 Å². The molecule has 0 fully saturated rings. The van der Waals surface area contributed by atoms with Crippen LogP contribution >= 0.6 is 0 Å². The van der Waals surface area contributed by atoms with Gasteiger partial charge in [-0.25, -0.2) is 0 Å². The van der Waals surface area contributed by atoms with Crippen LogP contribution in [0, 0.1) is 0 Å². The average Bonchev–Trinajstić information content (AvgIpc) is 2.70. The third kappa shape index (κ3) is 3.31. The van der Waals surface area contributed by atoms with Crippen LogP contribution in [0.4, 0.5) is 5.69 Å². The second kappa shape index (κ2) is 6.66. The highest BCUT2D eigenvalue weighted by molar-refractivity contribution is 5.73. The Morgan fingerprint density at radius 2 is 0.600 bits per heavy atom. The highest BCUT2D eigenvalue weighted by atomic mass is 14.5. The largest absolute Gasteiger partial charge is 0.399 e. The number of anilines is 1. The van der Waals surface area contributed by atoms with E-state index in [1.807, 2.05) is 18.2 Å². The van der Waals surface area contributed by atoms with E-state index in [0.717, 1.165) is 5.69 Å². The fourth-order valence-electron chi connectivity index (χ4n) is 3.02. The summed E-state index contributed by atoms with van der Waals surface area (Å²) in [6.45, 7) is 0. The standard InChI is InChI=1S/C24H19N/c25-24-16-14-23(15-17-24)22-12-10-21(11-13-22)20-8-6-19(7-9-20)18-4-2-1-3-5-18/h1-17H,25H2. The summed E-state index contributed by atoms with van der Waals surface area (Å²) in [5, 5.41) is 0. The van der Waals surface area contributed by atoms with E-state index < -0.39 is 0 Å². The molecular weight excluding hydrogens is 302 g/mol. The van der Waals surface area contributed by atoms with Crippen molar-refractivity contribution in [3.8, 4) is 33.4 Å². The highest BCUT2D eigenvalue weighted by Gasteiger charge is 2.02. The Morgan fingerprint density at radius 1 is 0.320 bits per heavy atom. The van der Waals surface area contributed by atoms with Crippen LogP contribution in [0.3, 0.4) is 0 Å². The van der Waals surface area contributed by atoms with Gasteiger partial charge in [-0.1, -0.05) is 91.0 Å². The van der Waals surface area contributed by atoms with Crippen LogP contribution in [-0.4, -0.2) is 0 Å². The molecule has 0 aliphatic heterocycles. The summed E-state index contributed by atoms with van der Waals surface area (Å²) in [6, 6.07) is 35.8. The molecule has 0 amide bonds. The fourth-order valence-corrected chi connectivity index (χ4v) is 3.02. The first kappa shape index (κ1) is 15.2. The highest BCUT2D eigenvalue weighted by Crippen LogP contribution is 2.27. The van der Waals surface area contributed by atoms with Gasteiger partial charge in [0.25, 0.3) is 0 Å². The minimum atomic E-state index is 0.791. The molecule has 0 bridgehead atoms. The van der Waals surface area contributed by atoms with Gasteiger partial charge < -0.3 is 5.73 Å². The molecule has 0 spiro atoms. The van der Waals surface area contributed by atoms with E-state index >= 15 is 0 Å². The lowest BCUT2D eigenvalue weighted by Crippen LogP contribution is -1.84. The lowest BCUT2D eigenvalue weighted by atomic mass is 9.98. The molecule has 0 heterocycles. The first-order valence-electron chi connectivity index (χ1n) is 8.41. The molecule has 0 aliphatic rings. The molecular formula is C24H19N. The van der Waals surface area contributed by atoms with Gasteiger partial charge in [0.1, 0.15) is 0 Å². The number of hydrogen-bond acceptors (Lipinski definition) is 1. The van der Waals surface area contributed by atoms with Crippen molar-refractivity contribution in [3.05, 3.63) is 103 Å². The summed E-state index contributed by atoms with van der Waals surface area (Å²) in [5.74, 6) is 0. The maximum absolute atomic E-state index is 5.76. The molecule has 0 aromatic heterocycles.